The van der Waals surface area contributed by atoms with Gasteiger partial charge in [0.15, 0.2) is 0 Å². The summed E-state index contributed by atoms with van der Waals surface area (Å²) in [6.07, 6.45) is 0.116. The van der Waals surface area contributed by atoms with Crippen LogP contribution < -0.4 is 5.73 Å². The molecule has 1 unspecified atom stereocenters. The predicted molar refractivity (Wildman–Crippen MR) is 29.2 cm³/mol. The first-order chi connectivity index (χ1) is 3.72. The highest BCUT2D eigenvalue weighted by Gasteiger charge is 2.29. The highest BCUT2D eigenvalue weighted by Crippen LogP contribution is 2.17. The van der Waals surface area contributed by atoms with E-state index in [0.29, 0.717) is 6.42 Å². The van der Waals surface area contributed by atoms with E-state index in [1.54, 1.807) is 0 Å². The Morgan fingerprint density at radius 1 is 1.25 bits per heavy atom. The fourth-order valence-electron chi connectivity index (χ4n) is 0.990. The van der Waals surface area contributed by atoms with E-state index in [0.717, 1.165) is 6.42 Å². The van der Waals surface area contributed by atoms with Gasteiger partial charge in [-0.2, -0.15) is 0 Å². The molecule has 0 aromatic heterocycles. The van der Waals surface area contributed by atoms with E-state index in [1.807, 2.05) is 0 Å². The van der Waals surface area contributed by atoms with Crippen molar-refractivity contribution in [3.05, 3.63) is 0 Å². The van der Waals surface area contributed by atoms with Gasteiger partial charge in [0.1, 0.15) is 0 Å². The van der Waals surface area contributed by atoms with Crippen molar-refractivity contribution in [3.8, 4) is 0 Å². The molecule has 0 aromatic carbocycles. The molecule has 3 nitrogen and oxygen atoms in total. The van der Waals surface area contributed by atoms with Crippen LogP contribution in [0.5, 0.6) is 0 Å². The molecule has 0 radical (unpaired) electrons. The van der Waals surface area contributed by atoms with Gasteiger partial charge in [0.2, 0.25) is 0 Å². The van der Waals surface area contributed by atoms with Crippen LogP contribution in [0.4, 0.5) is 0 Å². The van der Waals surface area contributed by atoms with Crippen LogP contribution in [-0.4, -0.2) is 28.5 Å². The third kappa shape index (κ3) is 0.844. The summed E-state index contributed by atoms with van der Waals surface area (Å²) >= 11 is 0. The molecular formula is C5H11NO2. The molecule has 1 saturated carbocycles. The van der Waals surface area contributed by atoms with Gasteiger partial charge in [-0.3, -0.25) is 0 Å². The zero-order chi connectivity index (χ0) is 6.15. The van der Waals surface area contributed by atoms with Gasteiger partial charge in [0.05, 0.1) is 12.2 Å². The molecule has 0 saturated heterocycles. The van der Waals surface area contributed by atoms with Gasteiger partial charge < -0.3 is 15.9 Å². The zero-order valence-electron chi connectivity index (χ0n) is 4.62. The van der Waals surface area contributed by atoms with Gasteiger partial charge in [-0.25, -0.2) is 0 Å². The van der Waals surface area contributed by atoms with E-state index in [4.69, 9.17) is 15.9 Å². The fourth-order valence-corrected chi connectivity index (χ4v) is 0.990. The van der Waals surface area contributed by atoms with Crippen LogP contribution in [0.1, 0.15) is 12.8 Å². The van der Waals surface area contributed by atoms with Gasteiger partial charge in [-0.05, 0) is 12.8 Å². The molecule has 48 valence electrons. The van der Waals surface area contributed by atoms with Crippen molar-refractivity contribution >= 4 is 0 Å². The zero-order valence-corrected chi connectivity index (χ0v) is 4.62. The molecular weight excluding hydrogens is 106 g/mol. The lowest BCUT2D eigenvalue weighted by Crippen LogP contribution is -2.34. The molecule has 3 atom stereocenters. The van der Waals surface area contributed by atoms with Crippen molar-refractivity contribution in [3.63, 3.8) is 0 Å². The lowest BCUT2D eigenvalue weighted by molar-refractivity contribution is 0.0364. The lowest BCUT2D eigenvalue weighted by Gasteiger charge is -2.09. The van der Waals surface area contributed by atoms with Crippen LogP contribution in [0, 0.1) is 0 Å². The minimum Gasteiger partial charge on any atom is -0.390 e. The molecule has 0 heterocycles. The Balaban J connectivity index is 2.44. The molecule has 0 aliphatic heterocycles. The molecule has 1 rings (SSSR count). The molecule has 8 heavy (non-hydrogen) atoms. The normalized spacial score (nSPS) is 47.6. The molecule has 3 heteroatoms. The summed E-state index contributed by atoms with van der Waals surface area (Å²) in [6.45, 7) is 0. The lowest BCUT2D eigenvalue weighted by atomic mass is 10.2. The molecule has 1 aliphatic rings. The Bertz CT molecular complexity index is 76.5. The van der Waals surface area contributed by atoms with Crippen LogP contribution in [-0.2, 0) is 0 Å². The Morgan fingerprint density at radius 3 is 2.00 bits per heavy atom. The van der Waals surface area contributed by atoms with Gasteiger partial charge in [-0.1, -0.05) is 0 Å². The highest BCUT2D eigenvalue weighted by atomic mass is 16.3. The van der Waals surface area contributed by atoms with E-state index in [-0.39, 0.29) is 6.04 Å². The first kappa shape index (κ1) is 6.01. The number of aliphatic hydroxyl groups is 2. The van der Waals surface area contributed by atoms with E-state index < -0.39 is 12.2 Å². The van der Waals surface area contributed by atoms with Crippen molar-refractivity contribution in [2.24, 2.45) is 5.73 Å². The van der Waals surface area contributed by atoms with Crippen molar-refractivity contribution in [2.45, 2.75) is 31.1 Å². The molecule has 0 amide bonds. The fraction of sp³-hybridized carbons (Fsp3) is 1.00. The Kier molecular flexibility index (Phi) is 1.51. The van der Waals surface area contributed by atoms with Gasteiger partial charge >= 0.3 is 0 Å². The molecule has 1 fully saturated rings. The number of aliphatic hydroxyl groups excluding tert-OH is 2. The minimum atomic E-state index is -0.685. The molecule has 1 aliphatic carbocycles. The van der Waals surface area contributed by atoms with Crippen molar-refractivity contribution in [1.82, 2.24) is 0 Å². The van der Waals surface area contributed by atoms with Crippen LogP contribution >= 0.6 is 0 Å². The van der Waals surface area contributed by atoms with E-state index in [1.165, 1.54) is 0 Å². The number of hydrogen-bond donors (Lipinski definition) is 3. The second-order valence-corrected chi connectivity index (χ2v) is 2.30. The minimum absolute atomic E-state index is 0.204. The summed E-state index contributed by atoms with van der Waals surface area (Å²) in [5.74, 6) is 0. The summed E-state index contributed by atoms with van der Waals surface area (Å²) in [6, 6.07) is -0.204. The largest absolute Gasteiger partial charge is 0.390 e. The van der Waals surface area contributed by atoms with E-state index in [2.05, 4.69) is 0 Å². The van der Waals surface area contributed by atoms with Gasteiger partial charge in [0, 0.05) is 6.04 Å². The molecule has 0 aromatic rings. The van der Waals surface area contributed by atoms with E-state index >= 15 is 0 Å². The maximum Gasteiger partial charge on any atom is 0.0949 e. The number of rotatable bonds is 0. The third-order valence-electron chi connectivity index (χ3n) is 1.63. The first-order valence-corrected chi connectivity index (χ1v) is 2.83. The summed E-state index contributed by atoms with van der Waals surface area (Å²) in [4.78, 5) is 0. The Morgan fingerprint density at radius 2 is 1.88 bits per heavy atom. The van der Waals surface area contributed by atoms with Gasteiger partial charge in [0.25, 0.3) is 0 Å². The topological polar surface area (TPSA) is 66.5 Å². The van der Waals surface area contributed by atoms with Crippen molar-refractivity contribution in [2.75, 3.05) is 0 Å². The van der Waals surface area contributed by atoms with Gasteiger partial charge in [-0.15, -0.1) is 0 Å². The summed E-state index contributed by atoms with van der Waals surface area (Å²) in [7, 11) is 0. The highest BCUT2D eigenvalue weighted by molar-refractivity contribution is 4.86. The molecule has 0 spiro atoms. The quantitative estimate of drug-likeness (QED) is 0.374. The molecule has 4 N–H and O–H groups in total. The predicted octanol–water partition coefficient (Wildman–Crippen LogP) is -1.17. The Hall–Kier alpha value is -0.120. The maximum atomic E-state index is 8.89. The second kappa shape index (κ2) is 2.01. The standard InChI is InChI=1S/C5H11NO2/c6-3-1-2-4(7)5(3)8/h3-5,7-8H,1-2,6H2/t3-,4+,5?/m1/s1. The summed E-state index contributed by atoms with van der Waals surface area (Å²) in [5.41, 5.74) is 5.36. The average molecular weight is 117 g/mol. The number of hydrogen-bond acceptors (Lipinski definition) is 3. The van der Waals surface area contributed by atoms with Crippen LogP contribution in [0.25, 0.3) is 0 Å². The number of nitrogens with two attached hydrogens (primary N) is 1. The maximum absolute atomic E-state index is 8.89. The Labute approximate surface area is 48.1 Å². The van der Waals surface area contributed by atoms with E-state index in [9.17, 15) is 0 Å². The monoisotopic (exact) mass is 117 g/mol. The summed E-state index contributed by atoms with van der Waals surface area (Å²) in [5, 5.41) is 17.7. The third-order valence-corrected chi connectivity index (χ3v) is 1.63. The first-order valence-electron chi connectivity index (χ1n) is 2.83. The summed E-state index contributed by atoms with van der Waals surface area (Å²) < 4.78 is 0. The SMILES string of the molecule is N[C@@H]1CC[C@H](O)C1O. The molecule has 0 bridgehead atoms. The van der Waals surface area contributed by atoms with Crippen molar-refractivity contribution in [1.29, 1.82) is 0 Å². The average Bonchev–Trinajstić information content (AvgIpc) is 1.98. The van der Waals surface area contributed by atoms with Crippen LogP contribution in [0.15, 0.2) is 0 Å². The van der Waals surface area contributed by atoms with Crippen LogP contribution in [0.2, 0.25) is 0 Å². The van der Waals surface area contributed by atoms with Crippen molar-refractivity contribution < 1.29 is 10.2 Å². The second-order valence-electron chi connectivity index (χ2n) is 2.30. The smallest absolute Gasteiger partial charge is 0.0949 e. The van der Waals surface area contributed by atoms with Crippen LogP contribution in [0.3, 0.4) is 0 Å².